The molecule has 1 heteroatoms. The van der Waals surface area contributed by atoms with Gasteiger partial charge in [0.15, 0.2) is 0 Å². The van der Waals surface area contributed by atoms with Crippen LogP contribution in [0.3, 0.4) is 0 Å². The second-order valence-corrected chi connectivity index (χ2v) is 7.97. The van der Waals surface area contributed by atoms with E-state index in [-0.39, 0.29) is 0 Å². The average Bonchev–Trinajstić information content (AvgIpc) is 3.28. The fourth-order valence-corrected chi connectivity index (χ4v) is 5.35. The van der Waals surface area contributed by atoms with Crippen LogP contribution in [-0.2, 0) is 0 Å². The van der Waals surface area contributed by atoms with Crippen LogP contribution in [0, 0.1) is 5.41 Å². The van der Waals surface area contributed by atoms with Gasteiger partial charge in [-0.15, -0.1) is 0 Å². The highest BCUT2D eigenvalue weighted by molar-refractivity contribution is 5.66. The van der Waals surface area contributed by atoms with Crippen molar-refractivity contribution in [1.29, 1.82) is 0 Å². The van der Waals surface area contributed by atoms with Gasteiger partial charge in [-0.1, -0.05) is 72.8 Å². The molecule has 3 aliphatic rings. The monoisotopic (exact) mass is 327 g/mol. The summed E-state index contributed by atoms with van der Waals surface area (Å²) in [5, 5.41) is 0. The van der Waals surface area contributed by atoms with E-state index in [9.17, 15) is 0 Å². The van der Waals surface area contributed by atoms with Crippen molar-refractivity contribution in [3.05, 3.63) is 82.9 Å². The summed E-state index contributed by atoms with van der Waals surface area (Å²) in [5.41, 5.74) is 6.19. The SMILES string of the molecule is CN1CCC(C2C=Cc3ccccc32)(C2C=Cc3ccccc32)CC1. The maximum absolute atomic E-state index is 2.49. The lowest BCUT2D eigenvalue weighted by Crippen LogP contribution is -2.44. The largest absolute Gasteiger partial charge is 0.306 e. The molecule has 0 radical (unpaired) electrons. The Bertz CT molecular complexity index is 788. The Morgan fingerprint density at radius 3 is 1.76 bits per heavy atom. The highest BCUT2D eigenvalue weighted by Crippen LogP contribution is 2.58. The van der Waals surface area contributed by atoms with E-state index >= 15 is 0 Å². The second kappa shape index (κ2) is 5.71. The third-order valence-corrected chi connectivity index (χ3v) is 6.76. The number of hydrogen-bond acceptors (Lipinski definition) is 1. The van der Waals surface area contributed by atoms with Crippen LogP contribution >= 0.6 is 0 Å². The van der Waals surface area contributed by atoms with Gasteiger partial charge < -0.3 is 4.90 Å². The van der Waals surface area contributed by atoms with E-state index in [1.165, 1.54) is 48.2 Å². The van der Waals surface area contributed by atoms with Gasteiger partial charge in [-0.3, -0.25) is 0 Å². The Balaban J connectivity index is 1.63. The van der Waals surface area contributed by atoms with E-state index < -0.39 is 0 Å². The van der Waals surface area contributed by atoms with Crippen molar-refractivity contribution in [2.45, 2.75) is 24.7 Å². The smallest absolute Gasteiger partial charge is 0.00935 e. The molecule has 2 atom stereocenters. The maximum Gasteiger partial charge on any atom is 0.00935 e. The molecular formula is C24H25N. The minimum Gasteiger partial charge on any atom is -0.306 e. The Morgan fingerprint density at radius 1 is 0.760 bits per heavy atom. The van der Waals surface area contributed by atoms with Crippen molar-refractivity contribution in [2.24, 2.45) is 5.41 Å². The van der Waals surface area contributed by atoms with E-state index in [1.807, 2.05) is 0 Å². The van der Waals surface area contributed by atoms with Gasteiger partial charge >= 0.3 is 0 Å². The molecule has 1 fully saturated rings. The topological polar surface area (TPSA) is 3.24 Å². The molecule has 0 aromatic heterocycles. The molecule has 5 rings (SSSR count). The van der Waals surface area contributed by atoms with Gasteiger partial charge in [0.05, 0.1) is 0 Å². The van der Waals surface area contributed by atoms with E-state index in [1.54, 1.807) is 0 Å². The quantitative estimate of drug-likeness (QED) is 0.721. The third kappa shape index (κ3) is 2.26. The number of fused-ring (bicyclic) bond motifs is 2. The molecule has 0 N–H and O–H groups in total. The molecule has 0 spiro atoms. The summed E-state index contributed by atoms with van der Waals surface area (Å²) in [6, 6.07) is 18.0. The normalized spacial score (nSPS) is 26.6. The number of hydrogen-bond donors (Lipinski definition) is 0. The lowest BCUT2D eigenvalue weighted by molar-refractivity contribution is 0.0931. The molecule has 0 amide bonds. The number of piperidine rings is 1. The van der Waals surface area contributed by atoms with Crippen LogP contribution in [0.4, 0.5) is 0 Å². The minimum absolute atomic E-state index is 0.290. The molecule has 2 unspecified atom stereocenters. The fraction of sp³-hybridized carbons (Fsp3) is 0.333. The summed E-state index contributed by atoms with van der Waals surface area (Å²) >= 11 is 0. The van der Waals surface area contributed by atoms with Gasteiger partial charge in [0.2, 0.25) is 0 Å². The number of likely N-dealkylation sites (tertiary alicyclic amines) is 1. The average molecular weight is 327 g/mol. The van der Waals surface area contributed by atoms with Gasteiger partial charge in [-0.05, 0) is 60.6 Å². The predicted molar refractivity (Wildman–Crippen MR) is 106 cm³/mol. The molecular weight excluding hydrogens is 302 g/mol. The van der Waals surface area contributed by atoms with Crippen molar-refractivity contribution in [1.82, 2.24) is 4.90 Å². The van der Waals surface area contributed by atoms with Crippen LogP contribution in [0.5, 0.6) is 0 Å². The first kappa shape index (κ1) is 15.2. The summed E-state index contributed by atoms with van der Waals surface area (Å²) in [6.07, 6.45) is 12.2. The fourth-order valence-electron chi connectivity index (χ4n) is 5.35. The summed E-state index contributed by atoms with van der Waals surface area (Å²) in [6.45, 7) is 2.39. The highest BCUT2D eigenvalue weighted by Gasteiger charge is 2.48. The second-order valence-electron chi connectivity index (χ2n) is 7.97. The number of nitrogens with zero attached hydrogens (tertiary/aromatic N) is 1. The zero-order valence-electron chi connectivity index (χ0n) is 14.9. The summed E-state index contributed by atoms with van der Waals surface area (Å²) < 4.78 is 0. The molecule has 0 bridgehead atoms. The number of rotatable bonds is 2. The van der Waals surface area contributed by atoms with Gasteiger partial charge in [-0.2, -0.15) is 0 Å². The molecule has 1 aliphatic heterocycles. The summed E-state index contributed by atoms with van der Waals surface area (Å²) in [7, 11) is 2.26. The standard InChI is InChI=1S/C24H25N/c1-25-16-14-24(15-17-25,22-12-10-18-6-2-4-8-20(18)22)23-13-11-19-7-3-5-9-21(19)23/h2-13,22-23H,14-17H2,1H3. The molecule has 126 valence electrons. The molecule has 1 nitrogen and oxygen atoms in total. The van der Waals surface area contributed by atoms with Crippen LogP contribution in [0.1, 0.15) is 46.9 Å². The molecule has 1 saturated heterocycles. The first-order chi connectivity index (χ1) is 12.3. The third-order valence-electron chi connectivity index (χ3n) is 6.76. The van der Waals surface area contributed by atoms with Gasteiger partial charge in [0.1, 0.15) is 0 Å². The minimum atomic E-state index is 0.290. The zero-order chi connectivity index (χ0) is 16.9. The lowest BCUT2D eigenvalue weighted by atomic mass is 9.59. The molecule has 25 heavy (non-hydrogen) atoms. The van der Waals surface area contributed by atoms with Crippen molar-refractivity contribution in [3.8, 4) is 0 Å². The van der Waals surface area contributed by atoms with Crippen LogP contribution in [0.2, 0.25) is 0 Å². The molecule has 1 heterocycles. The van der Waals surface area contributed by atoms with Crippen LogP contribution in [-0.4, -0.2) is 25.0 Å². The number of benzene rings is 2. The van der Waals surface area contributed by atoms with Crippen molar-refractivity contribution < 1.29 is 0 Å². The van der Waals surface area contributed by atoms with Gasteiger partial charge in [0.25, 0.3) is 0 Å². The van der Waals surface area contributed by atoms with Crippen LogP contribution in [0.25, 0.3) is 12.2 Å². The highest BCUT2D eigenvalue weighted by atomic mass is 15.1. The summed E-state index contributed by atoms with van der Waals surface area (Å²) in [5.74, 6) is 1.05. The maximum atomic E-state index is 2.49. The predicted octanol–water partition coefficient (Wildman–Crippen LogP) is 5.32. The van der Waals surface area contributed by atoms with Crippen molar-refractivity contribution in [3.63, 3.8) is 0 Å². The Hall–Kier alpha value is -2.12. The summed E-state index contributed by atoms with van der Waals surface area (Å²) in [4.78, 5) is 2.49. The first-order valence-corrected chi connectivity index (χ1v) is 9.51. The first-order valence-electron chi connectivity index (χ1n) is 9.51. The Kier molecular flexibility index (Phi) is 3.46. The molecule has 2 aliphatic carbocycles. The molecule has 2 aromatic rings. The van der Waals surface area contributed by atoms with E-state index in [2.05, 4.69) is 84.8 Å². The van der Waals surface area contributed by atoms with E-state index in [0.29, 0.717) is 17.3 Å². The van der Waals surface area contributed by atoms with Gasteiger partial charge in [0, 0.05) is 11.8 Å². The van der Waals surface area contributed by atoms with E-state index in [4.69, 9.17) is 0 Å². The zero-order valence-corrected chi connectivity index (χ0v) is 14.9. The Morgan fingerprint density at radius 2 is 1.24 bits per heavy atom. The van der Waals surface area contributed by atoms with Gasteiger partial charge in [-0.25, -0.2) is 0 Å². The lowest BCUT2D eigenvalue weighted by Gasteiger charge is -2.48. The number of allylic oxidation sites excluding steroid dienone is 2. The van der Waals surface area contributed by atoms with Crippen molar-refractivity contribution >= 4 is 12.2 Å². The Labute approximate surface area is 150 Å². The van der Waals surface area contributed by atoms with Crippen LogP contribution in [0.15, 0.2) is 60.7 Å². The molecule has 0 saturated carbocycles. The molecule has 2 aromatic carbocycles. The van der Waals surface area contributed by atoms with Crippen LogP contribution < -0.4 is 0 Å². The van der Waals surface area contributed by atoms with E-state index in [0.717, 1.165) is 0 Å². The van der Waals surface area contributed by atoms with Crippen molar-refractivity contribution in [2.75, 3.05) is 20.1 Å².